The Morgan fingerprint density at radius 1 is 1.36 bits per heavy atom. The second kappa shape index (κ2) is 4.11. The maximum Gasteiger partial charge on any atom is 0.0377 e. The second-order valence-corrected chi connectivity index (χ2v) is 4.45. The molecule has 0 fully saturated rings. The molecule has 2 heteroatoms. The van der Waals surface area contributed by atoms with Gasteiger partial charge in [0.2, 0.25) is 0 Å². The Balaban J connectivity index is 2.44. The van der Waals surface area contributed by atoms with Crippen LogP contribution < -0.4 is 5.32 Å². The fraction of sp³-hybridized carbons (Fsp3) is 0.333. The highest BCUT2D eigenvalue weighted by atomic mass is 32.1. The Hall–Kier alpha value is -0.860. The van der Waals surface area contributed by atoms with E-state index in [1.165, 1.54) is 21.2 Å². The first-order valence-corrected chi connectivity index (χ1v) is 5.81. The van der Waals surface area contributed by atoms with Crippen LogP contribution >= 0.6 is 11.3 Å². The number of benzene rings is 1. The summed E-state index contributed by atoms with van der Waals surface area (Å²) >= 11 is 1.86. The van der Waals surface area contributed by atoms with E-state index in [1.54, 1.807) is 0 Å². The van der Waals surface area contributed by atoms with Gasteiger partial charge in [0, 0.05) is 4.70 Å². The number of hydrogen-bond donors (Lipinski definition) is 1. The fourth-order valence-electron chi connectivity index (χ4n) is 1.70. The molecule has 1 aromatic carbocycles. The van der Waals surface area contributed by atoms with E-state index in [0.717, 1.165) is 13.0 Å². The fourth-order valence-corrected chi connectivity index (χ4v) is 2.80. The Labute approximate surface area is 88.8 Å². The lowest BCUT2D eigenvalue weighted by atomic mass is 10.1. The van der Waals surface area contributed by atoms with Crippen molar-refractivity contribution in [1.29, 1.82) is 0 Å². The lowest BCUT2D eigenvalue weighted by Crippen LogP contribution is -2.10. The topological polar surface area (TPSA) is 12.0 Å². The van der Waals surface area contributed by atoms with Crippen molar-refractivity contribution in [2.75, 3.05) is 13.6 Å². The summed E-state index contributed by atoms with van der Waals surface area (Å²) in [6.07, 6.45) is 1.12. The molecule has 0 unspecified atom stereocenters. The molecule has 1 N–H and O–H groups in total. The van der Waals surface area contributed by atoms with Crippen molar-refractivity contribution in [2.24, 2.45) is 0 Å². The monoisotopic (exact) mass is 205 g/mol. The maximum absolute atomic E-state index is 3.19. The summed E-state index contributed by atoms with van der Waals surface area (Å²) in [7, 11) is 2.00. The van der Waals surface area contributed by atoms with E-state index >= 15 is 0 Å². The SMILES string of the molecule is CNCCc1cccc2c(C)csc12. The maximum atomic E-state index is 3.19. The first-order chi connectivity index (χ1) is 6.83. The number of likely N-dealkylation sites (N-methyl/N-ethyl adjacent to an activating group) is 1. The molecular formula is C12H15NS. The summed E-state index contributed by atoms with van der Waals surface area (Å²) in [4.78, 5) is 0. The Kier molecular flexibility index (Phi) is 2.85. The number of thiophene rings is 1. The second-order valence-electron chi connectivity index (χ2n) is 3.57. The van der Waals surface area contributed by atoms with Crippen LogP contribution in [0.4, 0.5) is 0 Å². The molecule has 1 nitrogen and oxygen atoms in total. The summed E-state index contributed by atoms with van der Waals surface area (Å²) in [6, 6.07) is 6.60. The van der Waals surface area contributed by atoms with E-state index in [2.05, 4.69) is 35.8 Å². The van der Waals surface area contributed by atoms with Crippen LogP contribution in [0, 0.1) is 6.92 Å². The van der Waals surface area contributed by atoms with Crippen LogP contribution in [0.5, 0.6) is 0 Å². The lowest BCUT2D eigenvalue weighted by molar-refractivity contribution is 0.795. The highest BCUT2D eigenvalue weighted by Gasteiger charge is 2.03. The normalized spacial score (nSPS) is 11.0. The smallest absolute Gasteiger partial charge is 0.0377 e. The summed E-state index contributed by atoms with van der Waals surface area (Å²) in [5.41, 5.74) is 2.87. The predicted octanol–water partition coefficient (Wildman–Crippen LogP) is 2.97. The minimum absolute atomic E-state index is 1.05. The van der Waals surface area contributed by atoms with E-state index in [0.29, 0.717) is 0 Å². The van der Waals surface area contributed by atoms with Crippen LogP contribution in [-0.4, -0.2) is 13.6 Å². The van der Waals surface area contributed by atoms with Gasteiger partial charge in [0.25, 0.3) is 0 Å². The molecule has 14 heavy (non-hydrogen) atoms. The van der Waals surface area contributed by atoms with Gasteiger partial charge in [0.05, 0.1) is 0 Å². The van der Waals surface area contributed by atoms with Crippen molar-refractivity contribution in [2.45, 2.75) is 13.3 Å². The average Bonchev–Trinajstić information content (AvgIpc) is 2.58. The molecule has 0 atom stereocenters. The van der Waals surface area contributed by atoms with Gasteiger partial charge < -0.3 is 5.32 Å². The summed E-state index contributed by atoms with van der Waals surface area (Å²) < 4.78 is 1.46. The highest BCUT2D eigenvalue weighted by Crippen LogP contribution is 2.28. The molecule has 0 amide bonds. The van der Waals surface area contributed by atoms with Crippen LogP contribution in [0.25, 0.3) is 10.1 Å². The van der Waals surface area contributed by atoms with Gasteiger partial charge in [-0.2, -0.15) is 0 Å². The van der Waals surface area contributed by atoms with Gasteiger partial charge in [-0.15, -0.1) is 11.3 Å². The van der Waals surface area contributed by atoms with E-state index in [9.17, 15) is 0 Å². The Morgan fingerprint density at radius 2 is 2.21 bits per heavy atom. The number of fused-ring (bicyclic) bond motifs is 1. The molecule has 0 radical (unpaired) electrons. The third-order valence-electron chi connectivity index (χ3n) is 2.52. The van der Waals surface area contributed by atoms with Crippen LogP contribution in [-0.2, 0) is 6.42 Å². The molecule has 0 saturated heterocycles. The molecule has 0 aliphatic heterocycles. The van der Waals surface area contributed by atoms with Gasteiger partial charge in [-0.1, -0.05) is 18.2 Å². The molecule has 0 spiro atoms. The largest absolute Gasteiger partial charge is 0.319 e. The number of rotatable bonds is 3. The van der Waals surface area contributed by atoms with Crippen LogP contribution in [0.15, 0.2) is 23.6 Å². The first-order valence-electron chi connectivity index (χ1n) is 4.93. The quantitative estimate of drug-likeness (QED) is 0.812. The summed E-state index contributed by atoms with van der Waals surface area (Å²) in [5, 5.41) is 6.86. The molecule has 0 bridgehead atoms. The zero-order chi connectivity index (χ0) is 9.97. The van der Waals surface area contributed by atoms with Crippen molar-refractivity contribution in [3.8, 4) is 0 Å². The minimum atomic E-state index is 1.05. The van der Waals surface area contributed by atoms with Crippen molar-refractivity contribution in [1.82, 2.24) is 5.32 Å². The van der Waals surface area contributed by atoms with Crippen molar-refractivity contribution < 1.29 is 0 Å². The van der Waals surface area contributed by atoms with E-state index < -0.39 is 0 Å². The standard InChI is InChI=1S/C12H15NS/c1-9-8-14-12-10(6-7-13-2)4-3-5-11(9)12/h3-5,8,13H,6-7H2,1-2H3. The zero-order valence-electron chi connectivity index (χ0n) is 8.63. The molecule has 0 aliphatic carbocycles. The molecule has 1 heterocycles. The van der Waals surface area contributed by atoms with E-state index in [-0.39, 0.29) is 0 Å². The van der Waals surface area contributed by atoms with Gasteiger partial charge >= 0.3 is 0 Å². The van der Waals surface area contributed by atoms with Crippen molar-refractivity contribution >= 4 is 21.4 Å². The minimum Gasteiger partial charge on any atom is -0.319 e. The number of nitrogens with one attached hydrogen (secondary N) is 1. The molecule has 2 rings (SSSR count). The lowest BCUT2D eigenvalue weighted by Gasteiger charge is -2.02. The van der Waals surface area contributed by atoms with Gasteiger partial charge in [0.15, 0.2) is 0 Å². The third-order valence-corrected chi connectivity index (χ3v) is 3.71. The summed E-state index contributed by atoms with van der Waals surface area (Å²) in [5.74, 6) is 0. The Morgan fingerprint density at radius 3 is 3.00 bits per heavy atom. The molecule has 2 aromatic rings. The molecule has 1 aromatic heterocycles. The first kappa shape index (κ1) is 9.69. The van der Waals surface area contributed by atoms with Gasteiger partial charge in [-0.25, -0.2) is 0 Å². The summed E-state index contributed by atoms with van der Waals surface area (Å²) in [6.45, 7) is 3.23. The Bertz CT molecular complexity index is 431. The highest BCUT2D eigenvalue weighted by molar-refractivity contribution is 7.17. The van der Waals surface area contributed by atoms with Crippen LogP contribution in [0.1, 0.15) is 11.1 Å². The van der Waals surface area contributed by atoms with Crippen LogP contribution in [0.3, 0.4) is 0 Å². The predicted molar refractivity (Wildman–Crippen MR) is 64.2 cm³/mol. The molecular weight excluding hydrogens is 190 g/mol. The van der Waals surface area contributed by atoms with E-state index in [4.69, 9.17) is 0 Å². The zero-order valence-corrected chi connectivity index (χ0v) is 9.45. The van der Waals surface area contributed by atoms with Crippen molar-refractivity contribution in [3.05, 3.63) is 34.7 Å². The molecule has 0 aliphatic rings. The van der Waals surface area contributed by atoms with Crippen LogP contribution in [0.2, 0.25) is 0 Å². The number of aryl methyl sites for hydroxylation is 1. The molecule has 74 valence electrons. The number of hydrogen-bond acceptors (Lipinski definition) is 2. The van der Waals surface area contributed by atoms with Crippen molar-refractivity contribution in [3.63, 3.8) is 0 Å². The third kappa shape index (κ3) is 1.68. The van der Waals surface area contributed by atoms with Gasteiger partial charge in [0.1, 0.15) is 0 Å². The van der Waals surface area contributed by atoms with E-state index in [1.807, 2.05) is 18.4 Å². The van der Waals surface area contributed by atoms with Gasteiger partial charge in [-0.3, -0.25) is 0 Å². The average molecular weight is 205 g/mol. The molecule has 0 saturated carbocycles. The van der Waals surface area contributed by atoms with Gasteiger partial charge in [-0.05, 0) is 48.8 Å².